The van der Waals surface area contributed by atoms with Gasteiger partial charge in [0.2, 0.25) is 0 Å². The molecule has 1 heterocycles. The van der Waals surface area contributed by atoms with Gasteiger partial charge in [0.05, 0.1) is 0 Å². The van der Waals surface area contributed by atoms with E-state index < -0.39 is 0 Å². The van der Waals surface area contributed by atoms with Crippen molar-refractivity contribution in [1.29, 1.82) is 0 Å². The molecule has 0 amide bonds. The minimum atomic E-state index is 0.483. The third-order valence-corrected chi connectivity index (χ3v) is 11.6. The van der Waals surface area contributed by atoms with Crippen molar-refractivity contribution in [1.82, 2.24) is 0 Å². The molecule has 0 saturated heterocycles. The summed E-state index contributed by atoms with van der Waals surface area (Å²) in [5.41, 5.74) is 9.78. The summed E-state index contributed by atoms with van der Waals surface area (Å²) in [6.45, 7) is 0. The molecule has 10 rings (SSSR count). The van der Waals surface area contributed by atoms with Crippen LogP contribution in [-0.2, 0) is 0 Å². The van der Waals surface area contributed by atoms with Crippen LogP contribution in [-0.4, -0.2) is 0 Å². The van der Waals surface area contributed by atoms with Crippen molar-refractivity contribution in [2.24, 2.45) is 0 Å². The highest BCUT2D eigenvalue weighted by Crippen LogP contribution is 2.53. The Morgan fingerprint density at radius 3 is 2.08 bits per heavy atom. The van der Waals surface area contributed by atoms with Crippen molar-refractivity contribution in [3.8, 4) is 22.3 Å². The van der Waals surface area contributed by atoms with Gasteiger partial charge in [-0.2, -0.15) is 0 Å². The molecule has 0 N–H and O–H groups in total. The average Bonchev–Trinajstić information content (AvgIpc) is 3.56. The number of anilines is 3. The molecule has 2 heteroatoms. The molecule has 8 aromatic rings. The zero-order valence-electron chi connectivity index (χ0n) is 27.5. The number of fused-ring (bicyclic) bond motifs is 8. The number of benzene rings is 8. The Kier molecular flexibility index (Phi) is 6.96. The molecule has 1 aliphatic heterocycles. The van der Waals surface area contributed by atoms with Crippen molar-refractivity contribution >= 4 is 61.1 Å². The Balaban J connectivity index is 1.12. The van der Waals surface area contributed by atoms with Crippen LogP contribution in [0.3, 0.4) is 0 Å². The topological polar surface area (TPSA) is 3.24 Å². The normalized spacial score (nSPS) is 14.9. The van der Waals surface area contributed by atoms with Crippen LogP contribution in [0.4, 0.5) is 17.1 Å². The maximum absolute atomic E-state index is 2.41. The first-order valence-corrected chi connectivity index (χ1v) is 18.2. The fourth-order valence-electron chi connectivity index (χ4n) is 7.96. The molecule has 0 aromatic heterocycles. The van der Waals surface area contributed by atoms with E-state index in [1.54, 1.807) is 0 Å². The molecule has 2 aliphatic rings. The zero-order chi connectivity index (χ0) is 33.0. The highest BCUT2D eigenvalue weighted by atomic mass is 32.2. The van der Waals surface area contributed by atoms with Crippen molar-refractivity contribution in [2.45, 2.75) is 17.2 Å². The van der Waals surface area contributed by atoms with Gasteiger partial charge in [0.25, 0.3) is 0 Å². The third kappa shape index (κ3) is 4.87. The first kappa shape index (κ1) is 29.1. The van der Waals surface area contributed by atoms with Crippen molar-refractivity contribution in [3.63, 3.8) is 0 Å². The van der Waals surface area contributed by atoms with Gasteiger partial charge in [-0.15, -0.1) is 0 Å². The quantitative estimate of drug-likeness (QED) is 0.170. The molecule has 236 valence electrons. The molecule has 1 atom stereocenters. The third-order valence-electron chi connectivity index (χ3n) is 10.4. The minimum Gasteiger partial charge on any atom is -0.310 e. The van der Waals surface area contributed by atoms with Gasteiger partial charge in [-0.3, -0.25) is 0 Å². The number of thioether (sulfide) groups is 1. The van der Waals surface area contributed by atoms with E-state index in [1.165, 1.54) is 75.6 Å². The maximum atomic E-state index is 2.41. The van der Waals surface area contributed by atoms with E-state index in [-0.39, 0.29) is 0 Å². The van der Waals surface area contributed by atoms with Crippen molar-refractivity contribution < 1.29 is 0 Å². The number of hydrogen-bond donors (Lipinski definition) is 0. The molecule has 1 aliphatic carbocycles. The summed E-state index contributed by atoms with van der Waals surface area (Å²) in [5.74, 6) is 0.483. The maximum Gasteiger partial charge on any atom is 0.0473 e. The second-order valence-corrected chi connectivity index (χ2v) is 14.4. The van der Waals surface area contributed by atoms with Crippen LogP contribution in [0.25, 0.3) is 54.6 Å². The van der Waals surface area contributed by atoms with Gasteiger partial charge >= 0.3 is 0 Å². The Morgan fingerprint density at radius 2 is 1.22 bits per heavy atom. The Morgan fingerprint density at radius 1 is 0.500 bits per heavy atom. The van der Waals surface area contributed by atoms with E-state index in [9.17, 15) is 0 Å². The lowest BCUT2D eigenvalue weighted by molar-refractivity contribution is 0.837. The lowest BCUT2D eigenvalue weighted by Gasteiger charge is -2.27. The molecule has 1 nitrogen and oxygen atoms in total. The first-order valence-electron chi connectivity index (χ1n) is 17.4. The highest BCUT2D eigenvalue weighted by Gasteiger charge is 2.29. The fourth-order valence-corrected chi connectivity index (χ4v) is 9.24. The van der Waals surface area contributed by atoms with E-state index >= 15 is 0 Å². The predicted molar refractivity (Wildman–Crippen MR) is 215 cm³/mol. The van der Waals surface area contributed by atoms with E-state index in [2.05, 4.69) is 187 Å². The van der Waals surface area contributed by atoms with Crippen LogP contribution < -0.4 is 4.90 Å². The smallest absolute Gasteiger partial charge is 0.0473 e. The lowest BCUT2D eigenvalue weighted by atomic mass is 9.90. The Labute approximate surface area is 296 Å². The molecule has 8 aromatic carbocycles. The Bertz CT molecular complexity index is 2630. The summed E-state index contributed by atoms with van der Waals surface area (Å²) in [7, 11) is 0. The molecule has 0 spiro atoms. The number of allylic oxidation sites excluding steroid dienone is 4. The molecule has 0 saturated carbocycles. The van der Waals surface area contributed by atoms with Gasteiger partial charge in [0.15, 0.2) is 0 Å². The van der Waals surface area contributed by atoms with Crippen LogP contribution in [0.1, 0.15) is 17.9 Å². The molecule has 0 radical (unpaired) electrons. The van der Waals surface area contributed by atoms with Gasteiger partial charge < -0.3 is 4.90 Å². The van der Waals surface area contributed by atoms with Gasteiger partial charge in [-0.25, -0.2) is 0 Å². The van der Waals surface area contributed by atoms with Gasteiger partial charge in [-0.05, 0) is 114 Å². The highest BCUT2D eigenvalue weighted by molar-refractivity contribution is 8.03. The summed E-state index contributed by atoms with van der Waals surface area (Å²) in [6.07, 6.45) is 7.87. The molecule has 0 bridgehead atoms. The van der Waals surface area contributed by atoms with Crippen molar-refractivity contribution in [2.75, 3.05) is 4.90 Å². The number of nitrogens with zero attached hydrogens (tertiary/aromatic N) is 1. The second kappa shape index (κ2) is 11.9. The van der Waals surface area contributed by atoms with Crippen LogP contribution in [0.2, 0.25) is 0 Å². The first-order chi connectivity index (χ1) is 24.8. The molecule has 50 heavy (non-hydrogen) atoms. The van der Waals surface area contributed by atoms with Crippen LogP contribution >= 0.6 is 11.8 Å². The van der Waals surface area contributed by atoms with E-state index in [4.69, 9.17) is 0 Å². The minimum absolute atomic E-state index is 0.483. The van der Waals surface area contributed by atoms with Crippen LogP contribution in [0.15, 0.2) is 192 Å². The van der Waals surface area contributed by atoms with Crippen molar-refractivity contribution in [3.05, 3.63) is 192 Å². The fraction of sp³-hybridized carbons (Fsp3) is 0.0417. The summed E-state index contributed by atoms with van der Waals surface area (Å²) >= 11 is 1.93. The number of rotatable bonds is 5. The van der Waals surface area contributed by atoms with Gasteiger partial charge in [-0.1, -0.05) is 151 Å². The second-order valence-electron chi connectivity index (χ2n) is 13.3. The summed E-state index contributed by atoms with van der Waals surface area (Å²) in [6, 6.07) is 60.3. The van der Waals surface area contributed by atoms with Crippen LogP contribution in [0, 0.1) is 0 Å². The lowest BCUT2D eigenvalue weighted by Crippen LogP contribution is -2.10. The number of hydrogen-bond acceptors (Lipinski definition) is 2. The Hall–Kier alpha value is -5.83. The SMILES string of the molecule is C1=CCC2C(=C1)Sc1cc(N(c3ccc(-c4cc5ccccc5c5c4ccc4ccccc45)cc3)c3cccc(-c4ccccc4)c3)ccc12. The van der Waals surface area contributed by atoms with E-state index in [0.29, 0.717) is 5.92 Å². The molecular formula is C48H33NS. The molecule has 0 fully saturated rings. The summed E-state index contributed by atoms with van der Waals surface area (Å²) in [4.78, 5) is 5.23. The standard InChI is InChI=1S/C48H33NS/c1-2-11-32(12-3-1)35-15-10-16-38(29-35)49(39-26-28-43-42-19-8-9-20-46(42)50-47(43)31-39)37-24-21-34(22-25-37)45-30-36-14-5-7-18-41(36)48-40-17-6-4-13-33(40)23-27-44(45)48/h1-18,20-31,42H,19H2. The summed E-state index contributed by atoms with van der Waals surface area (Å²) < 4.78 is 0. The monoisotopic (exact) mass is 655 g/mol. The van der Waals surface area contributed by atoms with Gasteiger partial charge in [0.1, 0.15) is 0 Å². The van der Waals surface area contributed by atoms with Crippen LogP contribution in [0.5, 0.6) is 0 Å². The molecule has 1 unspecified atom stereocenters. The summed E-state index contributed by atoms with van der Waals surface area (Å²) in [5, 5.41) is 7.72. The van der Waals surface area contributed by atoms with E-state index in [0.717, 1.165) is 17.8 Å². The van der Waals surface area contributed by atoms with E-state index in [1.807, 2.05) is 11.8 Å². The van der Waals surface area contributed by atoms with Gasteiger partial charge in [0, 0.05) is 27.9 Å². The average molecular weight is 656 g/mol. The zero-order valence-corrected chi connectivity index (χ0v) is 28.3. The predicted octanol–water partition coefficient (Wildman–Crippen LogP) is 14.0. The molecular weight excluding hydrogens is 623 g/mol. The largest absolute Gasteiger partial charge is 0.310 e.